The van der Waals surface area contributed by atoms with Gasteiger partial charge in [0.2, 0.25) is 5.89 Å². The zero-order valence-electron chi connectivity index (χ0n) is 13.9. The second-order valence-electron chi connectivity index (χ2n) is 6.98. The minimum Gasteiger partial charge on any atom is -0.339 e. The van der Waals surface area contributed by atoms with Crippen LogP contribution in [0.1, 0.15) is 68.3 Å². The minimum absolute atomic E-state index is 0.289. The van der Waals surface area contributed by atoms with Gasteiger partial charge in [0.15, 0.2) is 5.82 Å². The van der Waals surface area contributed by atoms with Gasteiger partial charge in [0.25, 0.3) is 0 Å². The number of nitrogens with zero attached hydrogens (tertiary/aromatic N) is 6. The first-order valence-electron chi connectivity index (χ1n) is 8.67. The highest BCUT2D eigenvalue weighted by Gasteiger charge is 2.28. The van der Waals surface area contributed by atoms with E-state index in [1.165, 1.54) is 18.1 Å². The maximum Gasteiger partial charge on any atom is 0.229 e. The van der Waals surface area contributed by atoms with Gasteiger partial charge < -0.3 is 9.09 Å². The molecule has 7 nitrogen and oxygen atoms in total. The molecular weight excluding hydrogens is 292 g/mol. The van der Waals surface area contributed by atoms with Crippen molar-refractivity contribution in [1.29, 1.82) is 0 Å². The molecule has 2 aliphatic rings. The van der Waals surface area contributed by atoms with Crippen molar-refractivity contribution in [3.8, 4) is 0 Å². The van der Waals surface area contributed by atoms with Crippen LogP contribution in [-0.2, 0) is 19.5 Å². The normalized spacial score (nSPS) is 19.6. The van der Waals surface area contributed by atoms with E-state index in [4.69, 9.17) is 4.52 Å². The molecule has 0 saturated carbocycles. The molecule has 1 saturated heterocycles. The number of hydrogen-bond acceptors (Lipinski definition) is 6. The zero-order valence-corrected chi connectivity index (χ0v) is 13.9. The Morgan fingerprint density at radius 1 is 1.17 bits per heavy atom. The predicted octanol–water partition coefficient (Wildman–Crippen LogP) is 2.11. The number of likely N-dealkylation sites (tertiary alicyclic amines) is 1. The van der Waals surface area contributed by atoms with E-state index in [-0.39, 0.29) is 5.92 Å². The molecule has 124 valence electrons. The van der Waals surface area contributed by atoms with Crippen molar-refractivity contribution in [2.24, 2.45) is 0 Å². The van der Waals surface area contributed by atoms with Gasteiger partial charge in [-0.05, 0) is 32.4 Å². The number of aromatic nitrogens is 5. The smallest absolute Gasteiger partial charge is 0.229 e. The molecule has 2 aromatic rings. The fourth-order valence-electron chi connectivity index (χ4n) is 3.59. The Bertz CT molecular complexity index is 668. The summed E-state index contributed by atoms with van der Waals surface area (Å²) < 4.78 is 7.63. The molecule has 4 rings (SSSR count). The first-order valence-corrected chi connectivity index (χ1v) is 8.67. The van der Waals surface area contributed by atoms with E-state index < -0.39 is 0 Å². The summed E-state index contributed by atoms with van der Waals surface area (Å²) in [7, 11) is 0. The van der Waals surface area contributed by atoms with E-state index in [1.807, 2.05) is 0 Å². The molecule has 0 amide bonds. The largest absolute Gasteiger partial charge is 0.339 e. The van der Waals surface area contributed by atoms with Gasteiger partial charge in [-0.25, -0.2) is 0 Å². The van der Waals surface area contributed by atoms with Crippen LogP contribution in [0.4, 0.5) is 0 Å². The van der Waals surface area contributed by atoms with E-state index >= 15 is 0 Å². The molecular formula is C16H24N6O. The van der Waals surface area contributed by atoms with Gasteiger partial charge in [0, 0.05) is 24.8 Å². The minimum atomic E-state index is 0.289. The van der Waals surface area contributed by atoms with E-state index in [9.17, 15) is 0 Å². The molecule has 0 bridgehead atoms. The van der Waals surface area contributed by atoms with Crippen LogP contribution in [0.25, 0.3) is 0 Å². The Kier molecular flexibility index (Phi) is 3.88. The molecule has 2 aromatic heterocycles. The Morgan fingerprint density at radius 3 is 2.74 bits per heavy atom. The molecule has 4 heterocycles. The van der Waals surface area contributed by atoms with Gasteiger partial charge >= 0.3 is 0 Å². The summed E-state index contributed by atoms with van der Waals surface area (Å²) >= 11 is 0. The second-order valence-corrected chi connectivity index (χ2v) is 6.98. The van der Waals surface area contributed by atoms with Crippen molar-refractivity contribution in [3.05, 3.63) is 23.4 Å². The number of piperidine rings is 1. The van der Waals surface area contributed by atoms with E-state index in [1.54, 1.807) is 0 Å². The molecule has 0 spiro atoms. The summed E-state index contributed by atoms with van der Waals surface area (Å²) in [6.45, 7) is 8.12. The SMILES string of the molecule is CC(C)c1nc(CN2CCC(c3nnc4n3CCC4)CC2)no1. The quantitative estimate of drug-likeness (QED) is 0.860. The Morgan fingerprint density at radius 2 is 2.00 bits per heavy atom. The third kappa shape index (κ3) is 2.89. The molecule has 0 unspecified atom stereocenters. The highest BCUT2D eigenvalue weighted by Crippen LogP contribution is 2.29. The standard InChI is InChI=1S/C16H24N6O/c1-11(2)16-17-13(20-23-16)10-21-8-5-12(6-9-21)15-19-18-14-4-3-7-22(14)15/h11-12H,3-10H2,1-2H3. The van der Waals surface area contributed by atoms with Gasteiger partial charge in [-0.1, -0.05) is 19.0 Å². The van der Waals surface area contributed by atoms with Gasteiger partial charge in [-0.15, -0.1) is 10.2 Å². The Balaban J connectivity index is 1.35. The molecule has 0 atom stereocenters. The third-order valence-electron chi connectivity index (χ3n) is 4.93. The van der Waals surface area contributed by atoms with Crippen LogP contribution in [0.15, 0.2) is 4.52 Å². The van der Waals surface area contributed by atoms with Crippen molar-refractivity contribution >= 4 is 0 Å². The fourth-order valence-corrected chi connectivity index (χ4v) is 3.59. The predicted molar refractivity (Wildman–Crippen MR) is 84.0 cm³/mol. The monoisotopic (exact) mass is 316 g/mol. The van der Waals surface area contributed by atoms with Crippen molar-refractivity contribution in [3.63, 3.8) is 0 Å². The topological polar surface area (TPSA) is 72.9 Å². The van der Waals surface area contributed by atoms with E-state index in [2.05, 4.69) is 43.7 Å². The fraction of sp³-hybridized carbons (Fsp3) is 0.750. The average molecular weight is 316 g/mol. The average Bonchev–Trinajstić information content (AvgIpc) is 3.24. The number of fused-ring (bicyclic) bond motifs is 1. The third-order valence-corrected chi connectivity index (χ3v) is 4.93. The lowest BCUT2D eigenvalue weighted by atomic mass is 9.96. The maximum atomic E-state index is 5.29. The number of hydrogen-bond donors (Lipinski definition) is 0. The summed E-state index contributed by atoms with van der Waals surface area (Å²) in [5.74, 6) is 4.75. The molecule has 0 N–H and O–H groups in total. The van der Waals surface area contributed by atoms with Gasteiger partial charge in [-0.2, -0.15) is 4.98 Å². The molecule has 0 aliphatic carbocycles. The number of rotatable bonds is 4. The Labute approximate surface area is 136 Å². The van der Waals surface area contributed by atoms with Crippen LogP contribution in [0.3, 0.4) is 0 Å². The van der Waals surface area contributed by atoms with Crippen LogP contribution in [0.2, 0.25) is 0 Å². The molecule has 1 fully saturated rings. The molecule has 23 heavy (non-hydrogen) atoms. The lowest BCUT2D eigenvalue weighted by Gasteiger charge is -2.30. The first kappa shape index (κ1) is 14.8. The van der Waals surface area contributed by atoms with Crippen LogP contribution < -0.4 is 0 Å². The highest BCUT2D eigenvalue weighted by atomic mass is 16.5. The van der Waals surface area contributed by atoms with Crippen LogP contribution in [0.5, 0.6) is 0 Å². The van der Waals surface area contributed by atoms with E-state index in [0.717, 1.165) is 57.2 Å². The maximum absolute atomic E-state index is 5.29. The lowest BCUT2D eigenvalue weighted by Crippen LogP contribution is -2.33. The van der Waals surface area contributed by atoms with Crippen LogP contribution >= 0.6 is 0 Å². The lowest BCUT2D eigenvalue weighted by molar-refractivity contribution is 0.193. The van der Waals surface area contributed by atoms with E-state index in [0.29, 0.717) is 5.92 Å². The molecule has 0 aromatic carbocycles. The summed E-state index contributed by atoms with van der Waals surface area (Å²) in [5.41, 5.74) is 0. The molecule has 0 radical (unpaired) electrons. The van der Waals surface area contributed by atoms with Crippen molar-refractivity contribution in [2.75, 3.05) is 13.1 Å². The summed E-state index contributed by atoms with van der Waals surface area (Å²) in [5, 5.41) is 12.9. The van der Waals surface area contributed by atoms with Crippen molar-refractivity contribution in [2.45, 2.75) is 64.5 Å². The second kappa shape index (κ2) is 6.03. The van der Waals surface area contributed by atoms with Crippen LogP contribution in [-0.4, -0.2) is 42.9 Å². The summed E-state index contributed by atoms with van der Waals surface area (Å²) in [6.07, 6.45) is 4.56. The van der Waals surface area contributed by atoms with Gasteiger partial charge in [0.1, 0.15) is 11.6 Å². The Hall–Kier alpha value is -1.76. The van der Waals surface area contributed by atoms with Crippen LogP contribution in [0, 0.1) is 0 Å². The van der Waals surface area contributed by atoms with Crippen molar-refractivity contribution in [1.82, 2.24) is 29.8 Å². The van der Waals surface area contributed by atoms with Crippen molar-refractivity contribution < 1.29 is 4.52 Å². The summed E-state index contributed by atoms with van der Waals surface area (Å²) in [4.78, 5) is 6.88. The molecule has 2 aliphatic heterocycles. The van der Waals surface area contributed by atoms with Gasteiger partial charge in [0.05, 0.1) is 6.54 Å². The highest BCUT2D eigenvalue weighted by molar-refractivity contribution is 5.07. The summed E-state index contributed by atoms with van der Waals surface area (Å²) in [6, 6.07) is 0. The van der Waals surface area contributed by atoms with Gasteiger partial charge in [-0.3, -0.25) is 4.90 Å². The molecule has 7 heteroatoms. The first-order chi connectivity index (χ1) is 11.2. The number of aryl methyl sites for hydroxylation is 1. The zero-order chi connectivity index (χ0) is 15.8.